The lowest BCUT2D eigenvalue weighted by Gasteiger charge is -2.30. The van der Waals surface area contributed by atoms with Crippen molar-refractivity contribution in [3.63, 3.8) is 0 Å². The molecule has 1 aromatic heterocycles. The Morgan fingerprint density at radius 3 is 2.66 bits per heavy atom. The fraction of sp³-hybridized carbons (Fsp3) is 0.333. The van der Waals surface area contributed by atoms with Crippen molar-refractivity contribution in [2.45, 2.75) is 32.7 Å². The number of non-ortho nitro benzene ring substituents is 1. The molecule has 11 nitrogen and oxygen atoms in total. The Kier molecular flexibility index (Phi) is 5.31. The third-order valence-electron chi connectivity index (χ3n) is 4.82. The molecule has 0 saturated heterocycles. The monoisotopic (exact) mass is 401 g/mol. The highest BCUT2D eigenvalue weighted by Crippen LogP contribution is 2.39. The van der Waals surface area contributed by atoms with Gasteiger partial charge in [-0.2, -0.15) is 0 Å². The molecule has 0 fully saturated rings. The Morgan fingerprint density at radius 1 is 1.34 bits per heavy atom. The SMILES string of the molecule is CCc1nc2n(c1CC[N+](=O)[O-])C(c1cccc([N+](=O)[O-])c1)C(C(=O)O)=C(C)N2. The van der Waals surface area contributed by atoms with Crippen LogP contribution in [0.5, 0.6) is 0 Å². The maximum atomic E-state index is 12.1. The van der Waals surface area contributed by atoms with Crippen molar-refractivity contribution in [2.24, 2.45) is 0 Å². The van der Waals surface area contributed by atoms with Crippen LogP contribution in [0, 0.1) is 20.2 Å². The smallest absolute Gasteiger partial charge is 0.335 e. The van der Waals surface area contributed by atoms with Crippen molar-refractivity contribution in [2.75, 3.05) is 11.9 Å². The van der Waals surface area contributed by atoms with E-state index in [9.17, 15) is 30.1 Å². The van der Waals surface area contributed by atoms with Crippen LogP contribution in [0.2, 0.25) is 0 Å². The van der Waals surface area contributed by atoms with E-state index in [-0.39, 0.29) is 24.2 Å². The summed E-state index contributed by atoms with van der Waals surface area (Å²) < 4.78 is 1.61. The average molecular weight is 401 g/mol. The van der Waals surface area contributed by atoms with Gasteiger partial charge < -0.3 is 15.0 Å². The molecule has 0 radical (unpaired) electrons. The summed E-state index contributed by atoms with van der Waals surface area (Å²) in [7, 11) is 0. The van der Waals surface area contributed by atoms with E-state index in [1.807, 2.05) is 6.92 Å². The number of benzene rings is 1. The molecule has 0 spiro atoms. The highest BCUT2D eigenvalue weighted by molar-refractivity contribution is 5.91. The highest BCUT2D eigenvalue weighted by atomic mass is 16.6. The summed E-state index contributed by atoms with van der Waals surface area (Å²) in [5, 5.41) is 35.0. The topological polar surface area (TPSA) is 153 Å². The van der Waals surface area contributed by atoms with Gasteiger partial charge in [-0.05, 0) is 18.9 Å². The van der Waals surface area contributed by atoms with Crippen molar-refractivity contribution in [3.05, 3.63) is 72.7 Å². The van der Waals surface area contributed by atoms with Gasteiger partial charge in [0, 0.05) is 22.8 Å². The molecule has 3 rings (SSSR count). The van der Waals surface area contributed by atoms with Crippen molar-refractivity contribution >= 4 is 17.6 Å². The van der Waals surface area contributed by atoms with Crippen LogP contribution >= 0.6 is 0 Å². The van der Waals surface area contributed by atoms with E-state index in [1.54, 1.807) is 17.6 Å². The molecule has 0 aliphatic carbocycles. The molecular formula is C18H19N5O6. The summed E-state index contributed by atoms with van der Waals surface area (Å²) >= 11 is 0. The molecule has 29 heavy (non-hydrogen) atoms. The van der Waals surface area contributed by atoms with E-state index in [2.05, 4.69) is 10.3 Å². The lowest BCUT2D eigenvalue weighted by atomic mass is 9.94. The maximum absolute atomic E-state index is 12.1. The Morgan fingerprint density at radius 2 is 2.07 bits per heavy atom. The van der Waals surface area contributed by atoms with Crippen molar-refractivity contribution in [1.82, 2.24) is 9.55 Å². The second-order valence-corrected chi connectivity index (χ2v) is 6.58. The van der Waals surface area contributed by atoms with Gasteiger partial charge in [0.2, 0.25) is 12.5 Å². The van der Waals surface area contributed by atoms with Crippen LogP contribution in [0.25, 0.3) is 0 Å². The number of hydrogen-bond donors (Lipinski definition) is 2. The Labute approximate surface area is 165 Å². The van der Waals surface area contributed by atoms with E-state index in [4.69, 9.17) is 0 Å². The molecule has 2 aromatic rings. The largest absolute Gasteiger partial charge is 0.478 e. The number of nitrogens with one attached hydrogen (secondary N) is 1. The number of aliphatic carboxylic acids is 1. The minimum Gasteiger partial charge on any atom is -0.478 e. The van der Waals surface area contributed by atoms with E-state index >= 15 is 0 Å². The average Bonchev–Trinajstić information content (AvgIpc) is 3.01. The quantitative estimate of drug-likeness (QED) is 0.530. The van der Waals surface area contributed by atoms with E-state index in [1.165, 1.54) is 18.2 Å². The number of carboxylic acids is 1. The van der Waals surface area contributed by atoms with Gasteiger partial charge in [-0.1, -0.05) is 19.1 Å². The van der Waals surface area contributed by atoms with Gasteiger partial charge in [0.1, 0.15) is 0 Å². The Hall–Kier alpha value is -3.76. The fourth-order valence-corrected chi connectivity index (χ4v) is 3.60. The minimum atomic E-state index is -1.19. The standard InChI is InChI=1S/C18H19N5O6/c1-3-13-14(7-8-21(26)27)22-16(11-5-4-6-12(9-11)23(28)29)15(17(24)25)10(2)19-18(22)20-13/h4-6,9,16H,3,7-8H2,1-2H3,(H,19,20)(H,24,25). The van der Waals surface area contributed by atoms with E-state index < -0.39 is 21.9 Å². The second kappa shape index (κ2) is 7.70. The number of imidazole rings is 1. The number of nitro groups is 2. The molecule has 1 unspecified atom stereocenters. The van der Waals surface area contributed by atoms with Gasteiger partial charge in [-0.25, -0.2) is 9.78 Å². The van der Waals surface area contributed by atoms with Crippen LogP contribution < -0.4 is 5.32 Å². The van der Waals surface area contributed by atoms with Crippen molar-refractivity contribution < 1.29 is 19.7 Å². The van der Waals surface area contributed by atoms with Crippen molar-refractivity contribution in [1.29, 1.82) is 0 Å². The molecule has 11 heteroatoms. The predicted octanol–water partition coefficient (Wildman–Crippen LogP) is 2.55. The number of aromatic nitrogens is 2. The molecule has 1 atom stereocenters. The number of allylic oxidation sites excluding steroid dienone is 1. The number of aryl methyl sites for hydroxylation is 1. The lowest BCUT2D eigenvalue weighted by Crippen LogP contribution is -2.29. The third kappa shape index (κ3) is 3.66. The Bertz CT molecular complexity index is 1040. The minimum absolute atomic E-state index is 0.000374. The molecule has 1 aromatic carbocycles. The summed E-state index contributed by atoms with van der Waals surface area (Å²) in [6, 6.07) is 4.82. The van der Waals surface area contributed by atoms with Gasteiger partial charge >= 0.3 is 5.97 Å². The highest BCUT2D eigenvalue weighted by Gasteiger charge is 2.36. The molecule has 1 aliphatic heterocycles. The van der Waals surface area contributed by atoms with Crippen LogP contribution in [-0.2, 0) is 17.6 Å². The summed E-state index contributed by atoms with van der Waals surface area (Å²) in [5.41, 5.74) is 1.72. The second-order valence-electron chi connectivity index (χ2n) is 6.58. The van der Waals surface area contributed by atoms with E-state index in [0.717, 1.165) is 0 Å². The molecule has 0 bridgehead atoms. The first-order valence-electron chi connectivity index (χ1n) is 8.91. The fourth-order valence-electron chi connectivity index (χ4n) is 3.60. The van der Waals surface area contributed by atoms with Crippen LogP contribution in [0.4, 0.5) is 11.6 Å². The zero-order valence-corrected chi connectivity index (χ0v) is 15.8. The number of anilines is 1. The number of carboxylic acid groups (broad SMARTS) is 1. The summed E-state index contributed by atoms with van der Waals surface area (Å²) in [6.07, 6.45) is 0.556. The number of carbonyl (C=O) groups is 1. The first-order chi connectivity index (χ1) is 13.7. The van der Waals surface area contributed by atoms with Gasteiger partial charge in [-0.3, -0.25) is 20.2 Å². The van der Waals surface area contributed by atoms with Gasteiger partial charge in [0.15, 0.2) is 0 Å². The molecule has 2 N–H and O–H groups in total. The zero-order valence-electron chi connectivity index (χ0n) is 15.8. The number of fused-ring (bicyclic) bond motifs is 1. The molecular weight excluding hydrogens is 382 g/mol. The van der Waals surface area contributed by atoms with Crippen molar-refractivity contribution in [3.8, 4) is 0 Å². The maximum Gasteiger partial charge on any atom is 0.335 e. The van der Waals surface area contributed by atoms with Gasteiger partial charge in [0.25, 0.3) is 5.69 Å². The summed E-state index contributed by atoms with van der Waals surface area (Å²) in [6.45, 7) is 3.10. The molecule has 152 valence electrons. The van der Waals surface area contributed by atoms with E-state index in [0.29, 0.717) is 35.0 Å². The third-order valence-corrected chi connectivity index (χ3v) is 4.82. The van der Waals surface area contributed by atoms with Gasteiger partial charge in [-0.15, -0.1) is 0 Å². The van der Waals surface area contributed by atoms with Crippen LogP contribution in [0.3, 0.4) is 0 Å². The normalized spacial score (nSPS) is 15.6. The Balaban J connectivity index is 2.26. The summed E-state index contributed by atoms with van der Waals surface area (Å²) in [5.74, 6) is -0.830. The number of nitro benzene ring substituents is 1. The first-order valence-corrected chi connectivity index (χ1v) is 8.91. The number of nitrogens with zero attached hydrogens (tertiary/aromatic N) is 4. The number of rotatable bonds is 7. The predicted molar refractivity (Wildman–Crippen MR) is 102 cm³/mol. The summed E-state index contributed by atoms with van der Waals surface area (Å²) in [4.78, 5) is 37.7. The molecule has 0 amide bonds. The molecule has 1 aliphatic rings. The first kappa shape index (κ1) is 20.0. The van der Waals surface area contributed by atoms with Crippen LogP contribution in [-0.4, -0.2) is 37.0 Å². The lowest BCUT2D eigenvalue weighted by molar-refractivity contribution is -0.479. The zero-order chi connectivity index (χ0) is 21.3. The van der Waals surface area contributed by atoms with Crippen LogP contribution in [0.1, 0.15) is 36.8 Å². The van der Waals surface area contributed by atoms with Gasteiger partial charge in [0.05, 0.1) is 34.3 Å². The number of hydrogen-bond acceptors (Lipinski definition) is 7. The molecule has 0 saturated carbocycles. The van der Waals surface area contributed by atoms with Crippen LogP contribution in [0.15, 0.2) is 35.5 Å². The molecule has 2 heterocycles.